The highest BCUT2D eigenvalue weighted by molar-refractivity contribution is 7.91. The first-order valence-corrected chi connectivity index (χ1v) is 8.18. The lowest BCUT2D eigenvalue weighted by atomic mass is 10.1. The van der Waals surface area contributed by atoms with Crippen molar-refractivity contribution in [1.82, 2.24) is 9.78 Å². The van der Waals surface area contributed by atoms with E-state index in [1.807, 2.05) is 0 Å². The fourth-order valence-corrected chi connectivity index (χ4v) is 4.17. The molecule has 0 amide bonds. The van der Waals surface area contributed by atoms with Crippen LogP contribution in [0.3, 0.4) is 0 Å². The van der Waals surface area contributed by atoms with E-state index < -0.39 is 21.5 Å². The van der Waals surface area contributed by atoms with Crippen molar-refractivity contribution in [3.8, 4) is 11.3 Å². The fourth-order valence-electron chi connectivity index (χ4n) is 2.47. The summed E-state index contributed by atoms with van der Waals surface area (Å²) in [6, 6.07) is 2.71. The smallest absolute Gasteiger partial charge is 0.152 e. The van der Waals surface area contributed by atoms with E-state index in [1.54, 1.807) is 0 Å². The van der Waals surface area contributed by atoms with Crippen molar-refractivity contribution in [2.45, 2.75) is 12.5 Å². The maximum atomic E-state index is 13.8. The van der Waals surface area contributed by atoms with Gasteiger partial charge in [-0.15, -0.1) is 0 Å². The van der Waals surface area contributed by atoms with Gasteiger partial charge in [0.2, 0.25) is 0 Å². The Morgan fingerprint density at radius 2 is 2.10 bits per heavy atom. The minimum atomic E-state index is -3.06. The molecular weight excluding hydrogens is 300 g/mol. The lowest BCUT2D eigenvalue weighted by Crippen LogP contribution is -2.11. The number of hydrogen-bond acceptors (Lipinski definition) is 4. The highest BCUT2D eigenvalue weighted by Gasteiger charge is 2.30. The highest BCUT2D eigenvalue weighted by atomic mass is 32.2. The molecule has 5 nitrogen and oxygen atoms in total. The Hall–Kier alpha value is -1.96. The van der Waals surface area contributed by atoms with Crippen LogP contribution < -0.4 is 5.73 Å². The van der Waals surface area contributed by atoms with Crippen molar-refractivity contribution in [1.29, 1.82) is 0 Å². The third kappa shape index (κ3) is 2.63. The third-order valence-corrected chi connectivity index (χ3v) is 5.28. The van der Waals surface area contributed by atoms with Crippen LogP contribution in [0.2, 0.25) is 0 Å². The number of nitrogen functional groups attached to an aromatic ring is 1. The maximum Gasteiger partial charge on any atom is 0.152 e. The number of rotatable bonds is 2. The molecule has 1 aliphatic rings. The predicted molar refractivity (Wildman–Crippen MR) is 74.3 cm³/mol. The molecule has 21 heavy (non-hydrogen) atoms. The number of benzene rings is 1. The van der Waals surface area contributed by atoms with Gasteiger partial charge in [-0.1, -0.05) is 0 Å². The Kier molecular flexibility index (Phi) is 3.20. The Balaban J connectivity index is 2.01. The van der Waals surface area contributed by atoms with E-state index in [-0.39, 0.29) is 34.5 Å². The summed E-state index contributed by atoms with van der Waals surface area (Å²) in [6.45, 7) is 0. The summed E-state index contributed by atoms with van der Waals surface area (Å²) < 4.78 is 51.4. The van der Waals surface area contributed by atoms with Crippen molar-refractivity contribution >= 4 is 15.5 Å². The van der Waals surface area contributed by atoms with Crippen LogP contribution in [-0.4, -0.2) is 29.7 Å². The van der Waals surface area contributed by atoms with Crippen LogP contribution in [0.5, 0.6) is 0 Å². The van der Waals surface area contributed by atoms with Gasteiger partial charge in [0.15, 0.2) is 9.84 Å². The van der Waals surface area contributed by atoms with Gasteiger partial charge >= 0.3 is 0 Å². The molecule has 2 aromatic rings. The van der Waals surface area contributed by atoms with Crippen LogP contribution in [0.4, 0.5) is 14.5 Å². The summed E-state index contributed by atoms with van der Waals surface area (Å²) in [7, 11) is -3.06. The zero-order chi connectivity index (χ0) is 15.2. The van der Waals surface area contributed by atoms with Gasteiger partial charge in [-0.3, -0.25) is 4.68 Å². The van der Waals surface area contributed by atoms with Gasteiger partial charge in [-0.05, 0) is 24.6 Å². The molecule has 2 heterocycles. The molecular formula is C13H13F2N3O2S. The molecule has 0 radical (unpaired) electrons. The van der Waals surface area contributed by atoms with E-state index in [0.717, 1.165) is 18.2 Å². The first-order chi connectivity index (χ1) is 9.85. The first kappa shape index (κ1) is 14.0. The minimum Gasteiger partial charge on any atom is -0.396 e. The van der Waals surface area contributed by atoms with Gasteiger partial charge in [-0.25, -0.2) is 17.2 Å². The van der Waals surface area contributed by atoms with Gasteiger partial charge in [0.25, 0.3) is 0 Å². The number of halogens is 2. The standard InChI is InChI=1S/C13H13F2N3O2S/c14-8-1-2-11(15)10(5-8)13-12(16)6-18(17-13)9-3-4-21(19,20)7-9/h1-2,5-6,9H,3-4,7,16H2. The molecule has 3 rings (SSSR count). The molecule has 1 aromatic carbocycles. The molecule has 2 N–H and O–H groups in total. The molecule has 1 atom stereocenters. The van der Waals surface area contributed by atoms with E-state index in [0.29, 0.717) is 6.42 Å². The summed E-state index contributed by atoms with van der Waals surface area (Å²) in [6.07, 6.45) is 1.90. The number of nitrogens with two attached hydrogens (primary N) is 1. The molecule has 1 aliphatic heterocycles. The van der Waals surface area contributed by atoms with Gasteiger partial charge in [-0.2, -0.15) is 5.10 Å². The molecule has 1 fully saturated rings. The van der Waals surface area contributed by atoms with Gasteiger partial charge < -0.3 is 5.73 Å². The van der Waals surface area contributed by atoms with Gasteiger partial charge in [0.1, 0.15) is 17.3 Å². The normalized spacial score (nSPS) is 20.8. The van der Waals surface area contributed by atoms with Crippen LogP contribution in [-0.2, 0) is 9.84 Å². The van der Waals surface area contributed by atoms with E-state index in [2.05, 4.69) is 5.10 Å². The third-order valence-electron chi connectivity index (χ3n) is 3.53. The molecule has 8 heteroatoms. The largest absolute Gasteiger partial charge is 0.396 e. The second-order valence-electron chi connectivity index (χ2n) is 5.09. The monoisotopic (exact) mass is 313 g/mol. The molecule has 0 aliphatic carbocycles. The Labute approximate surface area is 120 Å². The van der Waals surface area contributed by atoms with Crippen LogP contribution >= 0.6 is 0 Å². The second-order valence-corrected chi connectivity index (χ2v) is 7.32. The van der Waals surface area contributed by atoms with E-state index in [9.17, 15) is 17.2 Å². The van der Waals surface area contributed by atoms with Crippen molar-refractivity contribution < 1.29 is 17.2 Å². The summed E-state index contributed by atoms with van der Waals surface area (Å²) in [5, 5.41) is 4.15. The second kappa shape index (κ2) is 4.80. The Morgan fingerprint density at radius 1 is 1.33 bits per heavy atom. The first-order valence-electron chi connectivity index (χ1n) is 6.36. The summed E-state index contributed by atoms with van der Waals surface area (Å²) in [4.78, 5) is 0. The number of nitrogens with zero attached hydrogens (tertiary/aromatic N) is 2. The van der Waals surface area contributed by atoms with Crippen molar-refractivity contribution in [3.05, 3.63) is 36.0 Å². The Morgan fingerprint density at radius 3 is 2.76 bits per heavy atom. The summed E-state index contributed by atoms with van der Waals surface area (Å²) >= 11 is 0. The number of anilines is 1. The fraction of sp³-hybridized carbons (Fsp3) is 0.308. The minimum absolute atomic E-state index is 0.0147. The highest BCUT2D eigenvalue weighted by Crippen LogP contribution is 2.31. The SMILES string of the molecule is Nc1cn(C2CCS(=O)(=O)C2)nc1-c1cc(F)ccc1F. The average Bonchev–Trinajstić information content (AvgIpc) is 2.95. The maximum absolute atomic E-state index is 13.8. The number of sulfone groups is 1. The van der Waals surface area contributed by atoms with Crippen LogP contribution in [0.1, 0.15) is 12.5 Å². The zero-order valence-electron chi connectivity index (χ0n) is 11.0. The van der Waals surface area contributed by atoms with E-state index >= 15 is 0 Å². The van der Waals surface area contributed by atoms with Crippen LogP contribution in [0.25, 0.3) is 11.3 Å². The Bertz CT molecular complexity index is 802. The summed E-state index contributed by atoms with van der Waals surface area (Å²) in [5.41, 5.74) is 6.08. The van der Waals surface area contributed by atoms with Crippen molar-refractivity contribution in [2.75, 3.05) is 17.2 Å². The zero-order valence-corrected chi connectivity index (χ0v) is 11.8. The van der Waals surface area contributed by atoms with E-state index in [4.69, 9.17) is 5.73 Å². The topological polar surface area (TPSA) is 78.0 Å². The molecule has 1 aromatic heterocycles. The van der Waals surface area contributed by atoms with E-state index in [1.165, 1.54) is 10.9 Å². The molecule has 1 saturated heterocycles. The number of hydrogen-bond donors (Lipinski definition) is 1. The summed E-state index contributed by atoms with van der Waals surface area (Å²) in [5.74, 6) is -1.14. The van der Waals surface area contributed by atoms with Crippen molar-refractivity contribution in [2.24, 2.45) is 0 Å². The van der Waals surface area contributed by atoms with Crippen molar-refractivity contribution in [3.63, 3.8) is 0 Å². The lowest BCUT2D eigenvalue weighted by Gasteiger charge is -2.07. The quantitative estimate of drug-likeness (QED) is 0.916. The molecule has 112 valence electrons. The lowest BCUT2D eigenvalue weighted by molar-refractivity contribution is 0.500. The predicted octanol–water partition coefficient (Wildman–Crippen LogP) is 1.77. The van der Waals surface area contributed by atoms with Crippen LogP contribution in [0, 0.1) is 11.6 Å². The van der Waals surface area contributed by atoms with Crippen LogP contribution in [0.15, 0.2) is 24.4 Å². The average molecular weight is 313 g/mol. The van der Waals surface area contributed by atoms with Gasteiger partial charge in [0, 0.05) is 11.8 Å². The molecule has 0 bridgehead atoms. The van der Waals surface area contributed by atoms with Gasteiger partial charge in [0.05, 0.1) is 23.2 Å². The molecule has 1 unspecified atom stereocenters. The molecule has 0 spiro atoms. The number of aromatic nitrogens is 2. The molecule has 0 saturated carbocycles.